The molecule has 1 aliphatic heterocycles. The number of aromatic nitrogens is 1. The summed E-state index contributed by atoms with van der Waals surface area (Å²) in [4.78, 5) is 3.29. The molecule has 156 valence electrons. The summed E-state index contributed by atoms with van der Waals surface area (Å²) in [5, 5.41) is 0.958. The highest BCUT2D eigenvalue weighted by molar-refractivity contribution is 5.83. The van der Waals surface area contributed by atoms with Gasteiger partial charge in [-0.15, -0.1) is 0 Å². The lowest BCUT2D eigenvalue weighted by Crippen LogP contribution is -2.26. The molecule has 1 saturated carbocycles. The normalized spacial score (nSPS) is 28.0. The van der Waals surface area contributed by atoms with Crippen molar-refractivity contribution in [2.24, 2.45) is 0 Å². The maximum absolute atomic E-state index is 13.9. The Morgan fingerprint density at radius 3 is 2.13 bits per heavy atom. The zero-order valence-electron chi connectivity index (χ0n) is 17.1. The molecule has 31 heavy (non-hydrogen) atoms. The maximum Gasteiger partial charge on any atom is 0.170 e. The summed E-state index contributed by atoms with van der Waals surface area (Å²) in [6, 6.07) is 25.6. The Labute approximate surface area is 180 Å². The number of ether oxygens (including phenoxy) is 2. The molecule has 3 nitrogen and oxygen atoms in total. The minimum Gasteiger partial charge on any atom is -0.361 e. The molecule has 3 unspecified atom stereocenters. The highest BCUT2D eigenvalue weighted by atomic mass is 19.1. The van der Waals surface area contributed by atoms with Crippen LogP contribution in [0.3, 0.4) is 0 Å². The number of H-pyrrole nitrogens is 1. The Kier molecular flexibility index (Phi) is 4.44. The van der Waals surface area contributed by atoms with Crippen molar-refractivity contribution in [1.82, 2.24) is 4.98 Å². The van der Waals surface area contributed by atoms with Gasteiger partial charge in [0.1, 0.15) is 18.0 Å². The van der Waals surface area contributed by atoms with Gasteiger partial charge in [-0.2, -0.15) is 0 Å². The van der Waals surface area contributed by atoms with E-state index in [0.29, 0.717) is 0 Å². The Hall–Kier alpha value is -2.95. The molecule has 2 heterocycles. The fraction of sp³-hybridized carbons (Fsp3) is 0.259. The van der Waals surface area contributed by atoms with Gasteiger partial charge in [0.2, 0.25) is 0 Å². The van der Waals surface area contributed by atoms with Crippen LogP contribution in [0, 0.1) is 5.82 Å². The number of aromatic amines is 1. The summed E-state index contributed by atoms with van der Waals surface area (Å²) in [6.07, 6.45) is 4.26. The Morgan fingerprint density at radius 2 is 1.48 bits per heavy atom. The average Bonchev–Trinajstić information content (AvgIpc) is 3.52. The molecular weight excluding hydrogens is 389 g/mol. The minimum absolute atomic E-state index is 0.150. The molecule has 0 radical (unpaired) electrons. The van der Waals surface area contributed by atoms with Gasteiger partial charge in [-0.3, -0.25) is 0 Å². The number of benzene rings is 3. The van der Waals surface area contributed by atoms with Gasteiger partial charge in [0.25, 0.3) is 0 Å². The first-order chi connectivity index (χ1) is 15.2. The number of fused-ring (bicyclic) bond motifs is 1. The topological polar surface area (TPSA) is 34.2 Å². The second-order valence-corrected chi connectivity index (χ2v) is 8.68. The van der Waals surface area contributed by atoms with E-state index >= 15 is 0 Å². The van der Waals surface area contributed by atoms with E-state index in [9.17, 15) is 4.39 Å². The summed E-state index contributed by atoms with van der Waals surface area (Å²) in [7, 11) is 0. The van der Waals surface area contributed by atoms with E-state index in [2.05, 4.69) is 29.2 Å². The Morgan fingerprint density at radius 1 is 0.839 bits per heavy atom. The fourth-order valence-electron chi connectivity index (χ4n) is 5.29. The Balaban J connectivity index is 1.33. The molecule has 1 aliphatic carbocycles. The first-order valence-electron chi connectivity index (χ1n) is 10.9. The summed E-state index contributed by atoms with van der Waals surface area (Å²) < 4.78 is 27.3. The van der Waals surface area contributed by atoms with Crippen LogP contribution in [0.1, 0.15) is 54.1 Å². The van der Waals surface area contributed by atoms with E-state index in [1.807, 2.05) is 42.6 Å². The number of rotatable bonds is 3. The Bertz CT molecular complexity index is 1160. The van der Waals surface area contributed by atoms with Crippen LogP contribution >= 0.6 is 0 Å². The first-order valence-corrected chi connectivity index (χ1v) is 10.9. The molecular formula is C27H24FNO2. The molecule has 1 spiro atoms. The molecule has 2 fully saturated rings. The molecule has 4 aromatic rings. The number of nitrogens with one attached hydrogen (secondary N) is 1. The van der Waals surface area contributed by atoms with Crippen molar-refractivity contribution in [2.45, 2.75) is 43.2 Å². The van der Waals surface area contributed by atoms with Gasteiger partial charge in [-0.05, 0) is 47.2 Å². The molecule has 1 saturated heterocycles. The lowest BCUT2D eigenvalue weighted by molar-refractivity contribution is -0.171. The second kappa shape index (κ2) is 7.33. The smallest absolute Gasteiger partial charge is 0.170 e. The highest BCUT2D eigenvalue weighted by Crippen LogP contribution is 2.56. The quantitative estimate of drug-likeness (QED) is 0.401. The fourth-order valence-corrected chi connectivity index (χ4v) is 5.29. The maximum atomic E-state index is 13.9. The van der Waals surface area contributed by atoms with Gasteiger partial charge in [0.15, 0.2) is 5.79 Å². The van der Waals surface area contributed by atoms with E-state index in [-0.39, 0.29) is 23.9 Å². The van der Waals surface area contributed by atoms with E-state index in [1.165, 1.54) is 6.07 Å². The predicted molar refractivity (Wildman–Crippen MR) is 118 cm³/mol. The van der Waals surface area contributed by atoms with Crippen LogP contribution in [0.5, 0.6) is 0 Å². The minimum atomic E-state index is -0.622. The summed E-state index contributed by atoms with van der Waals surface area (Å²) in [5.74, 6) is -0.563. The summed E-state index contributed by atoms with van der Waals surface area (Å²) >= 11 is 0. The zero-order chi connectivity index (χ0) is 20.8. The van der Waals surface area contributed by atoms with Crippen molar-refractivity contribution in [2.75, 3.05) is 0 Å². The van der Waals surface area contributed by atoms with Crippen molar-refractivity contribution in [3.63, 3.8) is 0 Å². The van der Waals surface area contributed by atoms with Gasteiger partial charge >= 0.3 is 0 Å². The third-order valence-corrected chi connectivity index (χ3v) is 6.76. The van der Waals surface area contributed by atoms with Crippen LogP contribution in [0.15, 0.2) is 85.1 Å². The standard InChI is InChI=1S/C27H24FNO2/c28-21-11-12-24-22(15-21)23(17-29-24)20-13-14-27(16-20)30-25(18-7-3-1-4-8-18)26(31-27)19-9-5-2-6-10-19/h1-12,15,17,20,25-26,29H,13-14,16H2. The molecule has 0 bridgehead atoms. The SMILES string of the molecule is Fc1ccc2[nH]cc(C3CCC4(C3)OC(c3ccccc3)C(c3ccccc3)O4)c2c1. The van der Waals surface area contributed by atoms with Gasteiger partial charge in [-0.1, -0.05) is 60.7 Å². The van der Waals surface area contributed by atoms with Crippen molar-refractivity contribution in [1.29, 1.82) is 0 Å². The van der Waals surface area contributed by atoms with Crippen LogP contribution in [0.4, 0.5) is 4.39 Å². The van der Waals surface area contributed by atoms with Gasteiger partial charge in [-0.25, -0.2) is 4.39 Å². The lowest BCUT2D eigenvalue weighted by Gasteiger charge is -2.23. The molecule has 2 aliphatic rings. The van der Waals surface area contributed by atoms with Crippen molar-refractivity contribution >= 4 is 10.9 Å². The molecule has 3 atom stereocenters. The third-order valence-electron chi connectivity index (χ3n) is 6.76. The molecule has 1 aromatic heterocycles. The number of hydrogen-bond acceptors (Lipinski definition) is 2. The summed E-state index contributed by atoms with van der Waals surface area (Å²) in [5.41, 5.74) is 4.38. The largest absolute Gasteiger partial charge is 0.361 e. The van der Waals surface area contributed by atoms with Gasteiger partial charge in [0, 0.05) is 29.9 Å². The zero-order valence-corrected chi connectivity index (χ0v) is 17.1. The molecule has 1 N–H and O–H groups in total. The number of halogens is 1. The van der Waals surface area contributed by atoms with E-state index < -0.39 is 5.79 Å². The third kappa shape index (κ3) is 3.27. The van der Waals surface area contributed by atoms with E-state index in [4.69, 9.17) is 9.47 Å². The van der Waals surface area contributed by atoms with Crippen molar-refractivity contribution in [3.8, 4) is 0 Å². The van der Waals surface area contributed by atoms with Gasteiger partial charge < -0.3 is 14.5 Å². The molecule has 0 amide bonds. The second-order valence-electron chi connectivity index (χ2n) is 8.68. The summed E-state index contributed by atoms with van der Waals surface area (Å²) in [6.45, 7) is 0. The van der Waals surface area contributed by atoms with E-state index in [1.54, 1.807) is 12.1 Å². The number of hydrogen-bond donors (Lipinski definition) is 1. The first kappa shape index (κ1) is 18.8. The van der Waals surface area contributed by atoms with Crippen LogP contribution < -0.4 is 0 Å². The average molecular weight is 413 g/mol. The van der Waals surface area contributed by atoms with Crippen molar-refractivity contribution in [3.05, 3.63) is 108 Å². The van der Waals surface area contributed by atoms with Crippen LogP contribution in [-0.4, -0.2) is 10.8 Å². The highest BCUT2D eigenvalue weighted by Gasteiger charge is 2.52. The van der Waals surface area contributed by atoms with Crippen molar-refractivity contribution < 1.29 is 13.9 Å². The lowest BCUT2D eigenvalue weighted by atomic mass is 9.96. The predicted octanol–water partition coefficient (Wildman–Crippen LogP) is 6.80. The molecule has 4 heteroatoms. The van der Waals surface area contributed by atoms with Gasteiger partial charge in [0.05, 0.1) is 0 Å². The molecule has 3 aromatic carbocycles. The van der Waals surface area contributed by atoms with Crippen LogP contribution in [0.2, 0.25) is 0 Å². The monoisotopic (exact) mass is 413 g/mol. The van der Waals surface area contributed by atoms with E-state index in [0.717, 1.165) is 46.9 Å². The van der Waals surface area contributed by atoms with Crippen LogP contribution in [0.25, 0.3) is 10.9 Å². The van der Waals surface area contributed by atoms with Crippen LogP contribution in [-0.2, 0) is 9.47 Å². The molecule has 6 rings (SSSR count).